The van der Waals surface area contributed by atoms with Crippen molar-refractivity contribution < 1.29 is 13.9 Å². The first-order chi connectivity index (χ1) is 24.5. The second kappa shape index (κ2) is 13.9. The first-order valence-electron chi connectivity index (χ1n) is 17.4. The number of carbonyl (C=O) groups is 1. The number of nitrogens with one attached hydrogen (secondary N) is 1. The zero-order chi connectivity index (χ0) is 35.9. The van der Waals surface area contributed by atoms with Crippen molar-refractivity contribution in [1.29, 1.82) is 5.26 Å². The molecular formula is C38H42FN9O2S. The van der Waals surface area contributed by atoms with Crippen molar-refractivity contribution in [2.45, 2.75) is 64.6 Å². The average Bonchev–Trinajstić information content (AvgIpc) is 3.71. The average molecular weight is 708 g/mol. The molecule has 11 nitrogen and oxygen atoms in total. The maximum absolute atomic E-state index is 13.6. The maximum Gasteiger partial charge on any atom is 0.410 e. The number of halogens is 1. The number of amides is 1. The summed E-state index contributed by atoms with van der Waals surface area (Å²) >= 11 is 1.30. The lowest BCUT2D eigenvalue weighted by Crippen LogP contribution is -2.63. The van der Waals surface area contributed by atoms with E-state index in [0.29, 0.717) is 52.9 Å². The molecule has 0 spiro atoms. The number of rotatable bonds is 8. The van der Waals surface area contributed by atoms with Crippen LogP contribution in [0.1, 0.15) is 51.1 Å². The van der Waals surface area contributed by atoms with E-state index in [2.05, 4.69) is 52.0 Å². The van der Waals surface area contributed by atoms with Crippen LogP contribution in [-0.2, 0) is 11.2 Å². The number of nitrogens with zero attached hydrogens (tertiary/aromatic N) is 8. The number of hydrogen-bond donors (Lipinski definition) is 1. The van der Waals surface area contributed by atoms with Crippen molar-refractivity contribution >= 4 is 39.8 Å². The normalized spacial score (nSPS) is 15.5. The van der Waals surface area contributed by atoms with Gasteiger partial charge in [0.1, 0.15) is 45.3 Å². The smallest absolute Gasteiger partial charge is 0.410 e. The molecule has 0 radical (unpaired) electrons. The number of carbonyl (C=O) groups excluding carboxylic acids is 1. The summed E-state index contributed by atoms with van der Waals surface area (Å²) in [5.74, 6) is 1.50. The molecule has 2 saturated heterocycles. The van der Waals surface area contributed by atoms with Crippen LogP contribution in [0.3, 0.4) is 0 Å². The van der Waals surface area contributed by atoms with E-state index in [9.17, 15) is 14.4 Å². The molecule has 1 aromatic carbocycles. The van der Waals surface area contributed by atoms with E-state index in [1.165, 1.54) is 23.5 Å². The van der Waals surface area contributed by atoms with Gasteiger partial charge in [0.05, 0.1) is 5.69 Å². The van der Waals surface area contributed by atoms with Crippen LogP contribution in [-0.4, -0.2) is 81.3 Å². The molecule has 7 rings (SSSR count). The van der Waals surface area contributed by atoms with Gasteiger partial charge in [-0.15, -0.1) is 0 Å². The van der Waals surface area contributed by atoms with Gasteiger partial charge in [0.15, 0.2) is 5.13 Å². The van der Waals surface area contributed by atoms with Crippen LogP contribution in [0.4, 0.5) is 26.0 Å². The predicted molar refractivity (Wildman–Crippen MR) is 198 cm³/mol. The Kier molecular flexibility index (Phi) is 9.39. The van der Waals surface area contributed by atoms with Crippen LogP contribution in [0, 0.1) is 17.1 Å². The highest BCUT2D eigenvalue weighted by atomic mass is 32.1. The molecule has 6 heterocycles. The first-order valence-corrected chi connectivity index (χ1v) is 18.2. The third-order valence-corrected chi connectivity index (χ3v) is 10.4. The molecule has 0 aliphatic carbocycles. The number of aromatic nitrogens is 4. The summed E-state index contributed by atoms with van der Waals surface area (Å²) in [7, 11) is 1.93. The Labute approximate surface area is 301 Å². The van der Waals surface area contributed by atoms with E-state index < -0.39 is 5.60 Å². The standard InChI is InChI=1S/C38H42FN9O2S/c1-6-30-35(45(5)36-44-34(31(19-40)51-36)24-7-11-27(39)12-8-24)48-21-26(10-14-33(48)43-30)25-9-13-32(41-20-25)46-17-15-28(16-18-46)42-29-22-47(23-29)37(49)50-38(2,3)4/h7-14,20-21,28-29,42H,6,15-18,22-23H2,1-5H3. The Bertz CT molecular complexity index is 2070. The summed E-state index contributed by atoms with van der Waals surface area (Å²) in [4.78, 5) is 33.4. The number of hydrogen-bond acceptors (Lipinski definition) is 10. The number of piperidine rings is 1. The highest BCUT2D eigenvalue weighted by Crippen LogP contribution is 2.37. The Balaban J connectivity index is 1.02. The summed E-state index contributed by atoms with van der Waals surface area (Å²) in [6, 6.07) is 17.3. The van der Waals surface area contributed by atoms with Gasteiger partial charge in [-0.2, -0.15) is 5.26 Å². The number of fused-ring (bicyclic) bond motifs is 1. The quantitative estimate of drug-likeness (QED) is 0.181. The number of likely N-dealkylation sites (tertiary alicyclic amines) is 1. The monoisotopic (exact) mass is 707 g/mol. The molecule has 0 atom stereocenters. The molecule has 51 heavy (non-hydrogen) atoms. The van der Waals surface area contributed by atoms with Gasteiger partial charge in [0.25, 0.3) is 0 Å². The zero-order valence-electron chi connectivity index (χ0n) is 29.6. The van der Waals surface area contributed by atoms with Crippen molar-refractivity contribution in [2.24, 2.45) is 0 Å². The lowest BCUT2D eigenvalue weighted by molar-refractivity contribution is 0.00384. The fourth-order valence-electron chi connectivity index (χ4n) is 6.68. The lowest BCUT2D eigenvalue weighted by atomic mass is 10.0. The minimum atomic E-state index is -0.478. The molecule has 264 valence electrons. The van der Waals surface area contributed by atoms with Gasteiger partial charge in [-0.05, 0) is 88.6 Å². The molecular weight excluding hydrogens is 666 g/mol. The number of pyridine rings is 2. The molecule has 2 aliphatic rings. The van der Waals surface area contributed by atoms with Crippen molar-refractivity contribution in [3.8, 4) is 28.5 Å². The third kappa shape index (κ3) is 7.25. The van der Waals surface area contributed by atoms with Crippen LogP contribution in [0.2, 0.25) is 0 Å². The van der Waals surface area contributed by atoms with Gasteiger partial charge in [-0.1, -0.05) is 18.3 Å². The van der Waals surface area contributed by atoms with Gasteiger partial charge in [-0.25, -0.2) is 24.1 Å². The fourth-order valence-corrected chi connectivity index (χ4v) is 7.53. The topological polar surface area (TPSA) is 115 Å². The molecule has 4 aromatic heterocycles. The second-order valence-corrected chi connectivity index (χ2v) is 15.1. The van der Waals surface area contributed by atoms with Crippen LogP contribution < -0.4 is 15.1 Å². The summed E-state index contributed by atoms with van der Waals surface area (Å²) < 4.78 is 21.1. The Morgan fingerprint density at radius 2 is 1.75 bits per heavy atom. The summed E-state index contributed by atoms with van der Waals surface area (Å²) in [5, 5.41) is 14.3. The molecule has 0 unspecified atom stereocenters. The molecule has 13 heteroatoms. The van der Waals surface area contributed by atoms with Gasteiger partial charge in [0.2, 0.25) is 0 Å². The first kappa shape index (κ1) is 34.4. The van der Waals surface area contributed by atoms with Crippen molar-refractivity contribution in [3.63, 3.8) is 0 Å². The van der Waals surface area contributed by atoms with E-state index in [1.807, 2.05) is 45.0 Å². The second-order valence-electron chi connectivity index (χ2n) is 14.1. The maximum atomic E-state index is 13.6. The zero-order valence-corrected chi connectivity index (χ0v) is 30.4. The van der Waals surface area contributed by atoms with Crippen molar-refractivity contribution in [3.05, 3.63) is 77.3 Å². The number of thiazole rings is 1. The van der Waals surface area contributed by atoms with Gasteiger partial charge >= 0.3 is 6.09 Å². The van der Waals surface area contributed by atoms with E-state index in [4.69, 9.17) is 19.7 Å². The largest absolute Gasteiger partial charge is 0.444 e. The molecule has 2 fully saturated rings. The van der Waals surface area contributed by atoms with Crippen LogP contribution >= 0.6 is 11.3 Å². The van der Waals surface area contributed by atoms with Crippen LogP contribution in [0.15, 0.2) is 60.9 Å². The van der Waals surface area contributed by atoms with Gasteiger partial charge < -0.3 is 24.8 Å². The van der Waals surface area contributed by atoms with E-state index >= 15 is 0 Å². The number of benzene rings is 1. The van der Waals surface area contributed by atoms with E-state index in [0.717, 1.165) is 60.0 Å². The molecule has 5 aromatic rings. The summed E-state index contributed by atoms with van der Waals surface area (Å²) in [6.45, 7) is 10.9. The minimum Gasteiger partial charge on any atom is -0.444 e. The van der Waals surface area contributed by atoms with Crippen LogP contribution in [0.5, 0.6) is 0 Å². The van der Waals surface area contributed by atoms with E-state index in [1.54, 1.807) is 17.0 Å². The Morgan fingerprint density at radius 3 is 2.39 bits per heavy atom. The predicted octanol–water partition coefficient (Wildman–Crippen LogP) is 7.04. The Hall–Kier alpha value is -5.06. The molecule has 2 aliphatic heterocycles. The SMILES string of the molecule is CCc1nc2ccc(-c3ccc(N4CCC(NC5CN(C(=O)OC(C)(C)C)C5)CC4)nc3)cn2c1N(C)c1nc(-c2ccc(F)cc2)c(C#N)s1. The van der Waals surface area contributed by atoms with Gasteiger partial charge in [-0.3, -0.25) is 4.40 Å². The summed E-state index contributed by atoms with van der Waals surface area (Å²) in [5.41, 5.74) is 4.48. The van der Waals surface area contributed by atoms with E-state index in [-0.39, 0.29) is 11.9 Å². The lowest BCUT2D eigenvalue weighted by Gasteiger charge is -2.43. The Morgan fingerprint density at radius 1 is 1.04 bits per heavy atom. The number of ether oxygens (including phenoxy) is 1. The third-order valence-electron chi connectivity index (χ3n) is 9.34. The molecule has 0 saturated carbocycles. The molecule has 1 amide bonds. The highest BCUT2D eigenvalue weighted by molar-refractivity contribution is 7.16. The minimum absolute atomic E-state index is 0.239. The molecule has 0 bridgehead atoms. The van der Waals surface area contributed by atoms with Crippen molar-refractivity contribution in [2.75, 3.05) is 43.0 Å². The fraction of sp³-hybridized carbons (Fsp3) is 0.395. The van der Waals surface area contributed by atoms with Crippen LogP contribution in [0.25, 0.3) is 28.0 Å². The van der Waals surface area contributed by atoms with Crippen molar-refractivity contribution in [1.82, 2.24) is 29.6 Å². The molecule has 1 N–H and O–H groups in total. The summed E-state index contributed by atoms with van der Waals surface area (Å²) in [6.07, 6.45) is 6.50. The number of anilines is 3. The number of aryl methyl sites for hydroxylation is 1. The number of nitriles is 1. The number of imidazole rings is 1. The highest BCUT2D eigenvalue weighted by Gasteiger charge is 2.35. The van der Waals surface area contributed by atoms with Gasteiger partial charge in [0, 0.05) is 74.4 Å².